The van der Waals surface area contributed by atoms with Gasteiger partial charge < -0.3 is 21.3 Å². The summed E-state index contributed by atoms with van der Waals surface area (Å²) in [6.45, 7) is 1.73. The lowest BCUT2D eigenvalue weighted by molar-refractivity contribution is -0.432. The number of benzene rings is 6. The molecule has 0 heterocycles. The second-order valence-corrected chi connectivity index (χ2v) is 14.4. The van der Waals surface area contributed by atoms with Crippen molar-refractivity contribution in [1.82, 2.24) is 0 Å². The number of nitrogen functional groups attached to an aromatic ring is 2. The van der Waals surface area contributed by atoms with Crippen LogP contribution >= 0.6 is 24.1 Å². The smallest absolute Gasteiger partial charge is 0.295 e. The molecule has 19 nitrogen and oxygen atoms in total. The molecular weight excluding hydrogens is 793 g/mol. The third kappa shape index (κ3) is 9.18. The maximum Gasteiger partial charge on any atom is 0.295 e. The number of rotatable bonds is 14. The van der Waals surface area contributed by atoms with E-state index in [2.05, 4.69) is 49.4 Å². The molecule has 56 heavy (non-hydrogen) atoms. The molecule has 6 rings (SSSR count). The Labute approximate surface area is 325 Å². The van der Waals surface area contributed by atoms with Crippen LogP contribution in [0, 0.1) is 6.92 Å². The Morgan fingerprint density at radius 3 is 2.09 bits per heavy atom. The van der Waals surface area contributed by atoms with Gasteiger partial charge in [-0.15, -0.1) is 24.0 Å². The minimum atomic E-state index is -4.68. The molecule has 8 N–H and O–H groups in total. The Kier molecular flexibility index (Phi) is 12.4. The van der Waals surface area contributed by atoms with Gasteiger partial charge in [-0.05, 0) is 96.1 Å². The highest BCUT2D eigenvalue weighted by Gasteiger charge is 2.19. The van der Waals surface area contributed by atoms with E-state index in [1.807, 2.05) is 0 Å². The molecule has 0 aromatic heterocycles. The predicted octanol–water partition coefficient (Wildman–Crippen LogP) is 10.5. The highest BCUT2D eigenvalue weighted by molar-refractivity contribution is 7.95. The van der Waals surface area contributed by atoms with E-state index in [0.717, 1.165) is 6.07 Å². The summed E-state index contributed by atoms with van der Waals surface area (Å²) in [6.07, 6.45) is 0. The quantitative estimate of drug-likeness (QED) is 0.0149. The number of ether oxygens (including phenoxy) is 1. The van der Waals surface area contributed by atoms with Gasteiger partial charge in [-0.1, -0.05) is 16.1 Å². The van der Waals surface area contributed by atoms with Gasteiger partial charge in [-0.25, -0.2) is 10.5 Å². The van der Waals surface area contributed by atoms with Crippen LogP contribution < -0.4 is 16.2 Å². The van der Waals surface area contributed by atoms with Gasteiger partial charge >= 0.3 is 0 Å². The topological polar surface area (TPSA) is 287 Å². The molecule has 6 aromatic rings. The fourth-order valence-electron chi connectivity index (χ4n) is 5.28. The van der Waals surface area contributed by atoms with Crippen molar-refractivity contribution in [2.24, 2.45) is 30.7 Å². The van der Waals surface area contributed by atoms with Crippen molar-refractivity contribution in [3.8, 4) is 11.5 Å². The van der Waals surface area contributed by atoms with E-state index >= 15 is 0 Å². The van der Waals surface area contributed by atoms with Crippen molar-refractivity contribution in [3.63, 3.8) is 0 Å². The number of phenolic OH excluding ortho intramolecular Hbond substituents is 1. The molecular formula is C34H28N8O11S3. The van der Waals surface area contributed by atoms with Crippen LogP contribution in [0.15, 0.2) is 130 Å². The standard InChI is InChI=1S/C34H28N8O11S3/c1-17-9-29(30(49-2)16-28(17)40-38-22-5-3-18-11-23(54-52-50-44)15-32(25(18)14-22)56(46,47)48)41-42-33-31(55-53-51-45)12-19-10-21(6-7-24(19)34(33)43)37-39-27-8-4-20(35)13-26(27)36/h3-16,43-45H,35-36H2,1-2H3,(H,46,47,48). The highest BCUT2D eigenvalue weighted by Crippen LogP contribution is 2.46. The number of fused-ring (bicyclic) bond motifs is 2. The predicted molar refractivity (Wildman–Crippen MR) is 206 cm³/mol. The summed E-state index contributed by atoms with van der Waals surface area (Å²) in [6, 6.07) is 21.8. The van der Waals surface area contributed by atoms with Crippen LogP contribution in [0.25, 0.3) is 21.5 Å². The van der Waals surface area contributed by atoms with Crippen LogP contribution in [0.5, 0.6) is 11.5 Å². The number of hydrogen-bond donors (Lipinski definition) is 6. The zero-order valence-electron chi connectivity index (χ0n) is 28.8. The molecule has 0 radical (unpaired) electrons. The molecule has 0 saturated carbocycles. The average Bonchev–Trinajstić information content (AvgIpc) is 3.17. The van der Waals surface area contributed by atoms with Crippen LogP contribution in [-0.2, 0) is 28.9 Å². The van der Waals surface area contributed by atoms with E-state index in [1.165, 1.54) is 13.2 Å². The minimum absolute atomic E-state index is 0.0208. The Hall–Kier alpha value is -5.79. The molecule has 0 unspecified atom stereocenters. The van der Waals surface area contributed by atoms with Crippen LogP contribution in [0.3, 0.4) is 0 Å². The number of aromatic hydroxyl groups is 1. The number of phenols is 1. The molecule has 0 spiro atoms. The number of hydrogen-bond acceptors (Lipinski definition) is 20. The maximum atomic E-state index is 12.2. The normalized spacial score (nSPS) is 12.2. The van der Waals surface area contributed by atoms with Gasteiger partial charge in [0.25, 0.3) is 10.1 Å². The van der Waals surface area contributed by atoms with Crippen LogP contribution in [0.4, 0.5) is 45.5 Å². The molecule has 0 aliphatic rings. The number of nitrogens with zero attached hydrogens (tertiary/aromatic N) is 6. The first kappa shape index (κ1) is 39.9. The molecule has 0 amide bonds. The number of methoxy groups -OCH3 is 1. The number of nitrogens with two attached hydrogens (primary N) is 2. The summed E-state index contributed by atoms with van der Waals surface area (Å²) in [5, 5.41) is 63.0. The van der Waals surface area contributed by atoms with Gasteiger partial charge in [-0.3, -0.25) is 4.55 Å². The van der Waals surface area contributed by atoms with Gasteiger partial charge in [0.1, 0.15) is 27.7 Å². The van der Waals surface area contributed by atoms with E-state index in [1.54, 1.807) is 79.7 Å². The van der Waals surface area contributed by atoms with Crippen molar-refractivity contribution in [2.75, 3.05) is 18.6 Å². The van der Waals surface area contributed by atoms with Crippen LogP contribution in [0.2, 0.25) is 0 Å². The average molecular weight is 821 g/mol. The molecule has 0 aliphatic heterocycles. The van der Waals surface area contributed by atoms with E-state index < -0.39 is 15.0 Å². The third-order valence-electron chi connectivity index (χ3n) is 7.85. The zero-order chi connectivity index (χ0) is 40.0. The largest absolute Gasteiger partial charge is 0.505 e. The molecule has 0 atom stereocenters. The fourth-order valence-corrected chi connectivity index (χ4v) is 7.03. The van der Waals surface area contributed by atoms with Crippen molar-refractivity contribution in [2.45, 2.75) is 21.6 Å². The SMILES string of the molecule is COc1cc(N=Nc2ccc3cc(SOOO)cc(S(=O)(=O)O)c3c2)c(C)cc1N=Nc1c(SOOO)cc2cc(N=Nc3ccc(N)cc3N)ccc2c1O. The molecule has 6 aromatic carbocycles. The summed E-state index contributed by atoms with van der Waals surface area (Å²) in [4.78, 5) is 0.00811. The first-order valence-corrected chi connectivity index (χ1v) is 18.5. The lowest BCUT2D eigenvalue weighted by Crippen LogP contribution is -1.99. The van der Waals surface area contributed by atoms with E-state index in [0.29, 0.717) is 74.2 Å². The van der Waals surface area contributed by atoms with Gasteiger partial charge in [0.05, 0.1) is 58.8 Å². The van der Waals surface area contributed by atoms with Crippen molar-refractivity contribution < 1.29 is 52.1 Å². The van der Waals surface area contributed by atoms with Crippen molar-refractivity contribution in [1.29, 1.82) is 0 Å². The monoisotopic (exact) mass is 820 g/mol. The number of anilines is 2. The summed E-state index contributed by atoms with van der Waals surface area (Å²) in [5.74, 6) is -0.0292. The molecule has 288 valence electrons. The second kappa shape index (κ2) is 17.3. The first-order chi connectivity index (χ1) is 26.9. The third-order valence-corrected chi connectivity index (χ3v) is 9.92. The first-order valence-electron chi connectivity index (χ1n) is 15.6. The van der Waals surface area contributed by atoms with E-state index in [-0.39, 0.29) is 43.7 Å². The number of aryl methyl sites for hydroxylation is 1. The van der Waals surface area contributed by atoms with Gasteiger partial charge in [-0.2, -0.15) is 23.8 Å². The van der Waals surface area contributed by atoms with E-state index in [9.17, 15) is 18.1 Å². The number of azo groups is 3. The molecule has 0 fully saturated rings. The Balaban J connectivity index is 1.30. The Bertz CT molecular complexity index is 2660. The second-order valence-electron chi connectivity index (χ2n) is 11.5. The summed E-state index contributed by atoms with van der Waals surface area (Å²) in [7, 11) is -3.27. The Morgan fingerprint density at radius 2 is 1.38 bits per heavy atom. The van der Waals surface area contributed by atoms with Gasteiger partial charge in [0, 0.05) is 27.4 Å². The summed E-state index contributed by atoms with van der Waals surface area (Å²) < 4.78 is 48.8. The maximum absolute atomic E-state index is 12.2. The minimum Gasteiger partial charge on any atom is -0.505 e. The van der Waals surface area contributed by atoms with Crippen molar-refractivity contribution in [3.05, 3.63) is 90.5 Å². The summed E-state index contributed by atoms with van der Waals surface area (Å²) >= 11 is 1.09. The van der Waals surface area contributed by atoms with Crippen LogP contribution in [0.1, 0.15) is 5.56 Å². The fraction of sp³-hybridized carbons (Fsp3) is 0.0588. The van der Waals surface area contributed by atoms with Crippen molar-refractivity contribution >= 4 is 101 Å². The lowest BCUT2D eigenvalue weighted by atomic mass is 10.1. The van der Waals surface area contributed by atoms with E-state index in [4.69, 9.17) is 26.7 Å². The molecule has 0 aliphatic carbocycles. The molecule has 0 saturated heterocycles. The molecule has 0 bridgehead atoms. The Morgan fingerprint density at radius 1 is 0.679 bits per heavy atom. The van der Waals surface area contributed by atoms with Gasteiger partial charge in [0.2, 0.25) is 0 Å². The zero-order valence-corrected chi connectivity index (χ0v) is 31.2. The lowest BCUT2D eigenvalue weighted by Gasteiger charge is -2.10. The van der Waals surface area contributed by atoms with Gasteiger partial charge in [0.15, 0.2) is 5.75 Å². The highest BCUT2D eigenvalue weighted by atomic mass is 32.2. The van der Waals surface area contributed by atoms with Crippen LogP contribution in [-0.4, -0.2) is 35.7 Å². The summed E-state index contributed by atoms with van der Waals surface area (Å²) in [5.41, 5.74) is 14.9. The molecule has 22 heteroatoms.